The molecule has 9 rings (SSSR count). The standard InChI is InChI=1S/C71H112O31/c1-30(73)21-45(78)91-31(2)22-46(79)92-32(3)23-47(80)93-33(4)24-48(81)98-55-35(6)96-64(59(52(55)85)101-63-58(97-37(8)74)53(86)56(36(7)95-63)99-61-54(87)57(41(76)28-90-61)100-62-51(84)50(83)49(82)34(5)94-62)102-65(89)71-20-19-66(9,10)25-39(71)38-15-16-43-67(11)26-40(75)60(88)68(12,29-72)42(67)17-18-69(43,13)70(38,14)27-44(71)77/h15,30-36,39-44,49-64,72-73,75-77,82-88H,16-29H2,1-14H3. The van der Waals surface area contributed by atoms with Crippen LogP contribution in [-0.4, -0.2) is 270 Å². The van der Waals surface area contributed by atoms with Crippen LogP contribution < -0.4 is 0 Å². The van der Waals surface area contributed by atoms with E-state index in [1.807, 2.05) is 6.92 Å². The first-order chi connectivity index (χ1) is 47.5. The first kappa shape index (κ1) is 81.9. The lowest BCUT2D eigenvalue weighted by Crippen LogP contribution is -2.70. The van der Waals surface area contributed by atoms with Crippen LogP contribution in [-0.2, 0) is 90.3 Å². The lowest BCUT2D eigenvalue weighted by molar-refractivity contribution is -0.380. The quantitative estimate of drug-likeness (QED) is 0.0398. The molecule has 34 unspecified atom stereocenters. The van der Waals surface area contributed by atoms with Gasteiger partial charge >= 0.3 is 35.8 Å². The lowest BCUT2D eigenvalue weighted by atomic mass is 9.33. The van der Waals surface area contributed by atoms with Gasteiger partial charge in [0.2, 0.25) is 6.29 Å². The van der Waals surface area contributed by atoms with Crippen LogP contribution in [0.1, 0.15) is 174 Å². The minimum Gasteiger partial charge on any atom is -0.462 e. The third kappa shape index (κ3) is 16.0. The van der Waals surface area contributed by atoms with Crippen LogP contribution in [0.15, 0.2) is 11.6 Å². The second-order valence-corrected chi connectivity index (χ2v) is 32.5. The van der Waals surface area contributed by atoms with Crippen LogP contribution in [0.5, 0.6) is 0 Å². The van der Waals surface area contributed by atoms with Gasteiger partial charge in [0.25, 0.3) is 0 Å². The van der Waals surface area contributed by atoms with Crippen LogP contribution in [0.2, 0.25) is 0 Å². The van der Waals surface area contributed by atoms with E-state index in [0.717, 1.165) is 12.5 Å². The molecule has 12 N–H and O–H groups in total. The molecular formula is C71H112O31. The molecule has 0 aromatic rings. The number of aliphatic hydroxyl groups excluding tert-OH is 12. The van der Waals surface area contributed by atoms with E-state index in [-0.39, 0.29) is 49.5 Å². The molecule has 5 aliphatic carbocycles. The fraction of sp³-hybridized carbons (Fsp3) is 0.887. The molecule has 34 atom stereocenters. The van der Waals surface area contributed by atoms with E-state index < -0.39 is 248 Å². The van der Waals surface area contributed by atoms with E-state index in [4.69, 9.17) is 61.6 Å². The molecule has 9 aliphatic rings. The number of hydrogen-bond acceptors (Lipinski definition) is 31. The third-order valence-corrected chi connectivity index (χ3v) is 24.4. The normalized spacial score (nSPS) is 45.9. The Bertz CT molecular complexity index is 3000. The zero-order valence-corrected chi connectivity index (χ0v) is 60.8. The Kier molecular flexibility index (Phi) is 25.3. The van der Waals surface area contributed by atoms with E-state index in [1.165, 1.54) is 48.5 Å². The molecule has 0 amide bonds. The molecule has 0 aromatic carbocycles. The second-order valence-electron chi connectivity index (χ2n) is 32.5. The molecule has 31 heteroatoms. The predicted octanol–water partition coefficient (Wildman–Crippen LogP) is 0.459. The van der Waals surface area contributed by atoms with Gasteiger partial charge in [-0.05, 0) is 139 Å². The first-order valence-electron chi connectivity index (χ1n) is 36.0. The fourth-order valence-corrected chi connectivity index (χ4v) is 18.8. The van der Waals surface area contributed by atoms with Crippen LogP contribution in [0, 0.1) is 50.2 Å². The van der Waals surface area contributed by atoms with Gasteiger partial charge in [-0.25, -0.2) is 0 Å². The number of esters is 6. The molecule has 31 nitrogen and oxygen atoms in total. The van der Waals surface area contributed by atoms with Gasteiger partial charge in [0.1, 0.15) is 78.7 Å². The zero-order chi connectivity index (χ0) is 75.6. The maximum Gasteiger partial charge on any atom is 0.317 e. The van der Waals surface area contributed by atoms with Crippen molar-refractivity contribution in [1.29, 1.82) is 0 Å². The van der Waals surface area contributed by atoms with E-state index >= 15 is 4.79 Å². The summed E-state index contributed by atoms with van der Waals surface area (Å²) in [5, 5.41) is 135. The maximum absolute atomic E-state index is 16.0. The second kappa shape index (κ2) is 31.6. The van der Waals surface area contributed by atoms with Crippen LogP contribution in [0.25, 0.3) is 0 Å². The van der Waals surface area contributed by atoms with Gasteiger partial charge in [0.15, 0.2) is 37.2 Å². The molecule has 0 spiro atoms. The highest BCUT2D eigenvalue weighted by molar-refractivity contribution is 5.80. The van der Waals surface area contributed by atoms with Crippen molar-refractivity contribution in [2.45, 2.75) is 333 Å². The number of allylic oxidation sites excluding steroid dienone is 2. The molecule has 4 heterocycles. The molecule has 102 heavy (non-hydrogen) atoms. The summed E-state index contributed by atoms with van der Waals surface area (Å²) in [5.74, 6) is -6.27. The summed E-state index contributed by atoms with van der Waals surface area (Å²) in [6.07, 6.45) is -36.6. The number of ether oxygens (including phenoxy) is 13. The Morgan fingerprint density at radius 3 is 1.69 bits per heavy atom. The SMILES string of the molecule is CC(=O)OC1C(OC2C(OC(=O)C34CCC(C)(C)CC3C3=CCC5C6(C)CC(O)C(O)C(C)(CO)C6CCC5(C)C3(C)CC4O)OC(C)C(OC(=O)CC(C)OC(=O)CC(C)OC(=O)CC(C)OC(=O)CC(C)O)C2O)OC(C)C(OC2OCC(O)C(OC3OC(C)C(O)C(O)C3O)C2O)C1O. The zero-order valence-electron chi connectivity index (χ0n) is 60.8. The molecular weight excluding hydrogens is 1350 g/mol. The molecule has 4 saturated heterocycles. The number of hydrogen-bond donors (Lipinski definition) is 12. The van der Waals surface area contributed by atoms with Gasteiger partial charge in [-0.3, -0.25) is 28.8 Å². The number of carbonyl (C=O) groups excluding carboxylic acids is 6. The topological polar surface area (TPSA) is 465 Å². The summed E-state index contributed by atoms with van der Waals surface area (Å²) in [6.45, 7) is 22.5. The Hall–Kier alpha value is -4.20. The Morgan fingerprint density at radius 2 is 1.09 bits per heavy atom. The number of rotatable bonds is 22. The molecule has 4 saturated carbocycles. The highest BCUT2D eigenvalue weighted by atomic mass is 16.8. The summed E-state index contributed by atoms with van der Waals surface area (Å²) in [4.78, 5) is 80.8. The van der Waals surface area contributed by atoms with E-state index in [2.05, 4.69) is 40.7 Å². The van der Waals surface area contributed by atoms with Crippen LogP contribution >= 0.6 is 0 Å². The number of aliphatic hydroxyl groups is 12. The minimum atomic E-state index is -2.05. The van der Waals surface area contributed by atoms with E-state index in [1.54, 1.807) is 0 Å². The van der Waals surface area contributed by atoms with Gasteiger partial charge in [0, 0.05) is 12.3 Å². The van der Waals surface area contributed by atoms with Crippen molar-refractivity contribution < 1.29 is 152 Å². The Morgan fingerprint density at radius 1 is 0.539 bits per heavy atom. The van der Waals surface area contributed by atoms with Crippen molar-refractivity contribution in [3.05, 3.63) is 11.6 Å². The van der Waals surface area contributed by atoms with Crippen molar-refractivity contribution in [1.82, 2.24) is 0 Å². The molecule has 0 radical (unpaired) electrons. The third-order valence-electron chi connectivity index (χ3n) is 24.4. The molecule has 0 aromatic heterocycles. The highest BCUT2D eigenvalue weighted by Crippen LogP contribution is 2.76. The van der Waals surface area contributed by atoms with Crippen molar-refractivity contribution >= 4 is 35.8 Å². The van der Waals surface area contributed by atoms with Crippen molar-refractivity contribution in [2.75, 3.05) is 13.2 Å². The van der Waals surface area contributed by atoms with E-state index in [9.17, 15) is 85.3 Å². The monoisotopic (exact) mass is 1460 g/mol. The Labute approximate surface area is 594 Å². The number of carbonyl (C=O) groups is 6. The summed E-state index contributed by atoms with van der Waals surface area (Å²) in [6, 6.07) is 0. The summed E-state index contributed by atoms with van der Waals surface area (Å²) in [5.41, 5.74) is -3.91. The minimum absolute atomic E-state index is 0.0903. The Balaban J connectivity index is 0.970. The van der Waals surface area contributed by atoms with E-state index in [0.29, 0.717) is 38.5 Å². The summed E-state index contributed by atoms with van der Waals surface area (Å²) >= 11 is 0. The smallest absolute Gasteiger partial charge is 0.317 e. The average Bonchev–Trinajstić information content (AvgIpc) is 0.670. The van der Waals surface area contributed by atoms with Crippen LogP contribution in [0.4, 0.5) is 0 Å². The van der Waals surface area contributed by atoms with Gasteiger partial charge in [0.05, 0.1) is 81.6 Å². The maximum atomic E-state index is 16.0. The van der Waals surface area contributed by atoms with Gasteiger partial charge in [-0.15, -0.1) is 0 Å². The van der Waals surface area contributed by atoms with Crippen LogP contribution in [0.3, 0.4) is 0 Å². The largest absolute Gasteiger partial charge is 0.462 e. The molecule has 8 fully saturated rings. The lowest BCUT2D eigenvalue weighted by Gasteiger charge is -2.72. The summed E-state index contributed by atoms with van der Waals surface area (Å²) < 4.78 is 76.4. The predicted molar refractivity (Wildman–Crippen MR) is 347 cm³/mol. The average molecular weight is 1460 g/mol. The highest BCUT2D eigenvalue weighted by Gasteiger charge is 2.73. The van der Waals surface area contributed by atoms with Crippen molar-refractivity contribution in [2.24, 2.45) is 50.2 Å². The molecule has 0 bridgehead atoms. The van der Waals surface area contributed by atoms with Crippen molar-refractivity contribution in [3.8, 4) is 0 Å². The van der Waals surface area contributed by atoms with Gasteiger partial charge < -0.3 is 123 Å². The van der Waals surface area contributed by atoms with Crippen molar-refractivity contribution in [3.63, 3.8) is 0 Å². The summed E-state index contributed by atoms with van der Waals surface area (Å²) in [7, 11) is 0. The number of fused-ring (bicyclic) bond motifs is 7. The molecule has 4 aliphatic heterocycles. The first-order valence-corrected chi connectivity index (χ1v) is 36.0. The fourth-order valence-electron chi connectivity index (χ4n) is 18.8. The molecule has 582 valence electrons. The van der Waals surface area contributed by atoms with Gasteiger partial charge in [-0.1, -0.05) is 53.2 Å². The van der Waals surface area contributed by atoms with Gasteiger partial charge in [-0.2, -0.15) is 0 Å².